The van der Waals surface area contributed by atoms with Crippen LogP contribution in [0, 0.1) is 12.8 Å². The number of rotatable bonds is 7. The number of likely N-dealkylation sites (tertiary alicyclic amines) is 1. The number of anilines is 1. The van der Waals surface area contributed by atoms with Crippen molar-refractivity contribution in [2.45, 2.75) is 44.9 Å². The zero-order chi connectivity index (χ0) is 22.4. The third kappa shape index (κ3) is 5.51. The van der Waals surface area contributed by atoms with Gasteiger partial charge in [-0.1, -0.05) is 36.8 Å². The number of nitrogens with one attached hydrogen (secondary N) is 1. The minimum Gasteiger partial charge on any atom is -0.492 e. The van der Waals surface area contributed by atoms with E-state index in [4.69, 9.17) is 9.47 Å². The van der Waals surface area contributed by atoms with E-state index in [1.807, 2.05) is 24.3 Å². The number of amides is 1. The zero-order valence-electron chi connectivity index (χ0n) is 19.4. The van der Waals surface area contributed by atoms with Gasteiger partial charge in [-0.05, 0) is 74.9 Å². The van der Waals surface area contributed by atoms with Crippen molar-refractivity contribution < 1.29 is 14.3 Å². The molecule has 2 heterocycles. The molecule has 1 atom stereocenters. The van der Waals surface area contributed by atoms with Crippen molar-refractivity contribution in [1.29, 1.82) is 0 Å². The van der Waals surface area contributed by atoms with Crippen molar-refractivity contribution >= 4 is 11.6 Å². The van der Waals surface area contributed by atoms with Gasteiger partial charge >= 0.3 is 0 Å². The van der Waals surface area contributed by atoms with Crippen molar-refractivity contribution in [3.63, 3.8) is 0 Å². The monoisotopic (exact) mass is 436 g/mol. The number of aryl methyl sites for hydroxylation is 1. The van der Waals surface area contributed by atoms with E-state index in [1.54, 1.807) is 0 Å². The van der Waals surface area contributed by atoms with Crippen LogP contribution in [0.5, 0.6) is 5.75 Å². The molecule has 0 aliphatic carbocycles. The number of hydrogen-bond donors (Lipinski definition) is 1. The van der Waals surface area contributed by atoms with Crippen LogP contribution in [0.2, 0.25) is 0 Å². The summed E-state index contributed by atoms with van der Waals surface area (Å²) in [5.41, 5.74) is 2.51. The van der Waals surface area contributed by atoms with Crippen LogP contribution in [-0.2, 0) is 14.9 Å². The first-order valence-corrected chi connectivity index (χ1v) is 12.0. The Labute approximate surface area is 192 Å². The Morgan fingerprint density at radius 1 is 1.12 bits per heavy atom. The molecule has 5 nitrogen and oxygen atoms in total. The van der Waals surface area contributed by atoms with Gasteiger partial charge in [-0.25, -0.2) is 0 Å². The average Bonchev–Trinajstić information content (AvgIpc) is 2.81. The molecule has 1 amide bonds. The molecule has 2 fully saturated rings. The predicted octanol–water partition coefficient (Wildman–Crippen LogP) is 4.79. The van der Waals surface area contributed by atoms with Crippen molar-refractivity contribution in [1.82, 2.24) is 4.90 Å². The van der Waals surface area contributed by atoms with E-state index in [0.29, 0.717) is 32.7 Å². The van der Waals surface area contributed by atoms with Crippen LogP contribution in [0.1, 0.15) is 43.7 Å². The third-order valence-corrected chi connectivity index (χ3v) is 6.91. The summed E-state index contributed by atoms with van der Waals surface area (Å²) in [6.45, 7) is 9.59. The number of carbonyl (C=O) groups is 1. The summed E-state index contributed by atoms with van der Waals surface area (Å²) in [4.78, 5) is 15.9. The number of nitrogens with zero attached hydrogens (tertiary/aromatic N) is 1. The second-order valence-electron chi connectivity index (χ2n) is 9.44. The van der Waals surface area contributed by atoms with Crippen molar-refractivity contribution in [3.05, 3.63) is 59.7 Å². The number of hydrogen-bond acceptors (Lipinski definition) is 4. The first-order chi connectivity index (χ1) is 15.5. The molecule has 1 N–H and O–H groups in total. The van der Waals surface area contributed by atoms with Crippen molar-refractivity contribution in [3.8, 4) is 5.75 Å². The van der Waals surface area contributed by atoms with Crippen LogP contribution in [0.25, 0.3) is 0 Å². The van der Waals surface area contributed by atoms with Crippen LogP contribution in [0.4, 0.5) is 5.69 Å². The standard InChI is InChI=1S/C27H36N2O3/c1-21-5-7-23(8-6-21)27(13-17-31-18-14-27)26(30)28-24-9-11-25(12-10-24)32-19-16-29-15-3-4-22(2)20-29/h5-12,22H,3-4,13-20H2,1-2H3,(H,28,30)/t22-/m1/s1. The van der Waals surface area contributed by atoms with Crippen LogP contribution in [0.3, 0.4) is 0 Å². The summed E-state index contributed by atoms with van der Waals surface area (Å²) in [5.74, 6) is 1.66. The van der Waals surface area contributed by atoms with Gasteiger partial charge in [0.15, 0.2) is 0 Å². The Morgan fingerprint density at radius 2 is 1.84 bits per heavy atom. The first kappa shape index (κ1) is 22.8. The molecule has 32 heavy (non-hydrogen) atoms. The Balaban J connectivity index is 1.35. The Kier molecular flexibility index (Phi) is 7.48. The van der Waals surface area contributed by atoms with Gasteiger partial charge in [0.25, 0.3) is 0 Å². The summed E-state index contributed by atoms with van der Waals surface area (Å²) in [6.07, 6.45) is 4.00. The lowest BCUT2D eigenvalue weighted by molar-refractivity contribution is -0.125. The van der Waals surface area contributed by atoms with Gasteiger partial charge in [0.1, 0.15) is 12.4 Å². The summed E-state index contributed by atoms with van der Waals surface area (Å²) >= 11 is 0. The maximum atomic E-state index is 13.4. The molecule has 2 aliphatic rings. The molecule has 0 bridgehead atoms. The lowest BCUT2D eigenvalue weighted by Gasteiger charge is -2.36. The van der Waals surface area contributed by atoms with E-state index in [0.717, 1.165) is 29.5 Å². The molecular weight excluding hydrogens is 400 g/mol. The molecule has 5 heteroatoms. The highest BCUT2D eigenvalue weighted by atomic mass is 16.5. The molecule has 0 unspecified atom stereocenters. The number of piperidine rings is 1. The topological polar surface area (TPSA) is 50.8 Å². The van der Waals surface area contributed by atoms with Crippen molar-refractivity contribution in [2.24, 2.45) is 5.92 Å². The van der Waals surface area contributed by atoms with E-state index in [1.165, 1.54) is 31.5 Å². The summed E-state index contributed by atoms with van der Waals surface area (Å²) in [6, 6.07) is 16.1. The second-order valence-corrected chi connectivity index (χ2v) is 9.44. The largest absolute Gasteiger partial charge is 0.492 e. The molecule has 0 aromatic heterocycles. The SMILES string of the molecule is Cc1ccc(C2(C(=O)Nc3ccc(OCCN4CCC[C@@H](C)C4)cc3)CCOCC2)cc1. The fourth-order valence-electron chi connectivity index (χ4n) is 4.91. The number of carbonyl (C=O) groups excluding carboxylic acids is 1. The van der Waals surface area contributed by atoms with Gasteiger partial charge in [0.05, 0.1) is 5.41 Å². The van der Waals surface area contributed by atoms with Gasteiger partial charge in [0.2, 0.25) is 5.91 Å². The average molecular weight is 437 g/mol. The quantitative estimate of drug-likeness (QED) is 0.678. The van der Waals surface area contributed by atoms with Gasteiger partial charge in [-0.15, -0.1) is 0 Å². The Hall–Kier alpha value is -2.37. The minimum atomic E-state index is -0.549. The van der Waals surface area contributed by atoms with E-state index in [-0.39, 0.29) is 5.91 Å². The van der Waals surface area contributed by atoms with Gasteiger partial charge in [-0.2, -0.15) is 0 Å². The van der Waals surface area contributed by atoms with Gasteiger partial charge in [0, 0.05) is 32.0 Å². The molecule has 0 radical (unpaired) electrons. The highest BCUT2D eigenvalue weighted by Gasteiger charge is 2.41. The Bertz CT molecular complexity index is 873. The van der Waals surface area contributed by atoms with E-state index < -0.39 is 5.41 Å². The number of ether oxygens (including phenoxy) is 2. The lowest BCUT2D eigenvalue weighted by atomic mass is 9.73. The summed E-state index contributed by atoms with van der Waals surface area (Å²) < 4.78 is 11.5. The first-order valence-electron chi connectivity index (χ1n) is 12.0. The Morgan fingerprint density at radius 3 is 2.53 bits per heavy atom. The van der Waals surface area contributed by atoms with Gasteiger partial charge < -0.3 is 14.8 Å². The van der Waals surface area contributed by atoms with E-state index in [9.17, 15) is 4.79 Å². The normalized spacial score (nSPS) is 21.1. The highest BCUT2D eigenvalue weighted by Crippen LogP contribution is 2.36. The maximum Gasteiger partial charge on any atom is 0.235 e. The van der Waals surface area contributed by atoms with Gasteiger partial charge in [-0.3, -0.25) is 9.69 Å². The summed E-state index contributed by atoms with van der Waals surface area (Å²) in [5, 5.41) is 3.15. The lowest BCUT2D eigenvalue weighted by Crippen LogP contribution is -2.44. The van der Waals surface area contributed by atoms with Crippen LogP contribution < -0.4 is 10.1 Å². The highest BCUT2D eigenvalue weighted by molar-refractivity contribution is 5.99. The molecule has 2 aromatic rings. The predicted molar refractivity (Wildman–Crippen MR) is 128 cm³/mol. The van der Waals surface area contributed by atoms with Crippen molar-refractivity contribution in [2.75, 3.05) is 44.8 Å². The summed E-state index contributed by atoms with van der Waals surface area (Å²) in [7, 11) is 0. The van der Waals surface area contributed by atoms with E-state index >= 15 is 0 Å². The fourth-order valence-corrected chi connectivity index (χ4v) is 4.91. The maximum absolute atomic E-state index is 13.4. The zero-order valence-corrected chi connectivity index (χ0v) is 19.4. The molecular formula is C27H36N2O3. The molecule has 2 saturated heterocycles. The second kappa shape index (κ2) is 10.5. The smallest absolute Gasteiger partial charge is 0.235 e. The van der Waals surface area contributed by atoms with Crippen LogP contribution >= 0.6 is 0 Å². The van der Waals surface area contributed by atoms with Crippen LogP contribution in [0.15, 0.2) is 48.5 Å². The third-order valence-electron chi connectivity index (χ3n) is 6.91. The minimum absolute atomic E-state index is 0.0394. The number of benzene rings is 2. The molecule has 2 aliphatic heterocycles. The molecule has 0 spiro atoms. The molecule has 0 saturated carbocycles. The molecule has 4 rings (SSSR count). The van der Waals surface area contributed by atoms with Crippen LogP contribution in [-0.4, -0.2) is 50.3 Å². The molecule has 2 aromatic carbocycles. The van der Waals surface area contributed by atoms with E-state index in [2.05, 4.69) is 48.3 Å². The fraction of sp³-hybridized carbons (Fsp3) is 0.519. The molecule has 172 valence electrons.